The molecule has 0 unspecified atom stereocenters. The van der Waals surface area contributed by atoms with Gasteiger partial charge in [0.2, 0.25) is 0 Å². The number of aromatic nitrogens is 2. The van der Waals surface area contributed by atoms with E-state index in [1.807, 2.05) is 0 Å². The molecule has 2 aromatic rings. The number of rotatable bonds is 1. The second-order valence-electron chi connectivity index (χ2n) is 4.13. The molecular weight excluding hydrogens is 172 g/mol. The number of fused-ring (bicyclic) bond motifs is 1. The Morgan fingerprint density at radius 2 is 2.00 bits per heavy atom. The molecule has 0 saturated carbocycles. The van der Waals surface area contributed by atoms with Crippen molar-refractivity contribution in [2.75, 3.05) is 0 Å². The zero-order chi connectivity index (χ0) is 10.3. The fourth-order valence-electron chi connectivity index (χ4n) is 1.89. The number of benzene rings is 1. The zero-order valence-electron chi connectivity index (χ0n) is 9.20. The van der Waals surface area contributed by atoms with E-state index in [2.05, 4.69) is 55.6 Å². The van der Waals surface area contributed by atoms with Crippen LogP contribution in [-0.2, 0) is 7.05 Å². The van der Waals surface area contributed by atoms with Crippen molar-refractivity contribution >= 4 is 11.0 Å². The van der Waals surface area contributed by atoms with Crippen LogP contribution in [0.25, 0.3) is 11.0 Å². The van der Waals surface area contributed by atoms with Crippen LogP contribution in [0.1, 0.15) is 31.2 Å². The molecule has 0 aliphatic rings. The van der Waals surface area contributed by atoms with E-state index in [1.165, 1.54) is 11.1 Å². The minimum Gasteiger partial charge on any atom is -0.331 e. The Morgan fingerprint density at radius 3 is 2.57 bits per heavy atom. The van der Waals surface area contributed by atoms with Crippen molar-refractivity contribution in [1.29, 1.82) is 0 Å². The molecule has 0 amide bonds. The third-order valence-corrected chi connectivity index (χ3v) is 2.66. The smallest absolute Gasteiger partial charge is 0.112 e. The Labute approximate surface area is 84.6 Å². The fraction of sp³-hybridized carbons (Fsp3) is 0.417. The van der Waals surface area contributed by atoms with Crippen molar-refractivity contribution < 1.29 is 0 Å². The monoisotopic (exact) mass is 188 g/mol. The lowest BCUT2D eigenvalue weighted by Gasteiger charge is -2.04. The first-order valence-electron chi connectivity index (χ1n) is 5.03. The Hall–Kier alpha value is -1.31. The van der Waals surface area contributed by atoms with Crippen molar-refractivity contribution in [2.45, 2.75) is 26.7 Å². The van der Waals surface area contributed by atoms with Gasteiger partial charge in [-0.2, -0.15) is 0 Å². The third kappa shape index (κ3) is 1.22. The van der Waals surface area contributed by atoms with Crippen molar-refractivity contribution in [3.05, 3.63) is 29.6 Å². The van der Waals surface area contributed by atoms with Gasteiger partial charge in [-0.25, -0.2) is 4.98 Å². The summed E-state index contributed by atoms with van der Waals surface area (Å²) in [7, 11) is 2.09. The summed E-state index contributed by atoms with van der Waals surface area (Å²) in [6.07, 6.45) is 0. The highest BCUT2D eigenvalue weighted by molar-refractivity contribution is 5.79. The van der Waals surface area contributed by atoms with Gasteiger partial charge in [0, 0.05) is 13.0 Å². The normalized spacial score (nSPS) is 11.5. The lowest BCUT2D eigenvalue weighted by molar-refractivity contribution is 0.722. The molecule has 0 fully saturated rings. The SMILES string of the molecule is Cc1cccc2c1nc(C(C)C)n2C. The van der Waals surface area contributed by atoms with Crippen LogP contribution in [0.3, 0.4) is 0 Å². The van der Waals surface area contributed by atoms with E-state index < -0.39 is 0 Å². The van der Waals surface area contributed by atoms with Gasteiger partial charge in [-0.15, -0.1) is 0 Å². The number of nitrogens with zero attached hydrogens (tertiary/aromatic N) is 2. The van der Waals surface area contributed by atoms with Crippen molar-refractivity contribution in [3.63, 3.8) is 0 Å². The average molecular weight is 188 g/mol. The van der Waals surface area contributed by atoms with Crippen LogP contribution < -0.4 is 0 Å². The summed E-state index contributed by atoms with van der Waals surface area (Å²) in [4.78, 5) is 4.67. The minimum absolute atomic E-state index is 0.479. The molecule has 2 nitrogen and oxygen atoms in total. The van der Waals surface area contributed by atoms with Gasteiger partial charge in [-0.05, 0) is 18.6 Å². The Bertz CT molecular complexity index is 466. The molecule has 2 rings (SSSR count). The lowest BCUT2D eigenvalue weighted by atomic mass is 10.2. The highest BCUT2D eigenvalue weighted by Crippen LogP contribution is 2.22. The molecule has 2 heteroatoms. The predicted octanol–water partition coefficient (Wildman–Crippen LogP) is 3.01. The fourth-order valence-corrected chi connectivity index (χ4v) is 1.89. The molecule has 0 aliphatic carbocycles. The first-order chi connectivity index (χ1) is 6.61. The highest BCUT2D eigenvalue weighted by Gasteiger charge is 2.11. The van der Waals surface area contributed by atoms with Gasteiger partial charge >= 0.3 is 0 Å². The van der Waals surface area contributed by atoms with E-state index in [1.54, 1.807) is 0 Å². The van der Waals surface area contributed by atoms with Gasteiger partial charge in [0.25, 0.3) is 0 Å². The number of aryl methyl sites for hydroxylation is 2. The first-order valence-corrected chi connectivity index (χ1v) is 5.03. The maximum atomic E-state index is 4.67. The molecule has 0 aliphatic heterocycles. The molecule has 0 atom stereocenters. The number of para-hydroxylation sites is 1. The van der Waals surface area contributed by atoms with Crippen LogP contribution in [0.4, 0.5) is 0 Å². The molecule has 1 aromatic heterocycles. The van der Waals surface area contributed by atoms with E-state index in [4.69, 9.17) is 0 Å². The van der Waals surface area contributed by atoms with E-state index in [0.717, 1.165) is 11.3 Å². The molecule has 0 saturated heterocycles. The summed E-state index contributed by atoms with van der Waals surface area (Å²) in [5, 5.41) is 0. The van der Waals surface area contributed by atoms with E-state index in [-0.39, 0.29) is 0 Å². The molecule has 1 heterocycles. The summed E-state index contributed by atoms with van der Waals surface area (Å²) in [6, 6.07) is 6.32. The van der Waals surface area contributed by atoms with Gasteiger partial charge in [-0.3, -0.25) is 0 Å². The number of hydrogen-bond donors (Lipinski definition) is 0. The Kier molecular flexibility index (Phi) is 2.06. The number of hydrogen-bond acceptors (Lipinski definition) is 1. The topological polar surface area (TPSA) is 17.8 Å². The molecule has 14 heavy (non-hydrogen) atoms. The Balaban J connectivity index is 2.80. The lowest BCUT2D eigenvalue weighted by Crippen LogP contribution is -1.99. The predicted molar refractivity (Wildman–Crippen MR) is 59.5 cm³/mol. The minimum atomic E-state index is 0.479. The standard InChI is InChI=1S/C12H16N2/c1-8(2)12-13-11-9(3)6-5-7-10(11)14(12)4/h5-8H,1-4H3. The third-order valence-electron chi connectivity index (χ3n) is 2.66. The summed E-state index contributed by atoms with van der Waals surface area (Å²) >= 11 is 0. The molecule has 0 bridgehead atoms. The molecule has 0 radical (unpaired) electrons. The number of imidazole rings is 1. The van der Waals surface area contributed by atoms with Crippen LogP contribution in [0.2, 0.25) is 0 Å². The maximum Gasteiger partial charge on any atom is 0.112 e. The van der Waals surface area contributed by atoms with Crippen LogP contribution in [-0.4, -0.2) is 9.55 Å². The van der Waals surface area contributed by atoms with Crippen molar-refractivity contribution in [1.82, 2.24) is 9.55 Å². The average Bonchev–Trinajstić information content (AvgIpc) is 2.46. The van der Waals surface area contributed by atoms with Gasteiger partial charge in [0.05, 0.1) is 11.0 Å². The largest absolute Gasteiger partial charge is 0.331 e. The van der Waals surface area contributed by atoms with Crippen LogP contribution in [0.15, 0.2) is 18.2 Å². The highest BCUT2D eigenvalue weighted by atomic mass is 15.1. The van der Waals surface area contributed by atoms with Gasteiger partial charge in [0.15, 0.2) is 0 Å². The van der Waals surface area contributed by atoms with Gasteiger partial charge in [0.1, 0.15) is 5.82 Å². The molecule has 1 aromatic carbocycles. The molecular formula is C12H16N2. The van der Waals surface area contributed by atoms with Crippen molar-refractivity contribution in [3.8, 4) is 0 Å². The Morgan fingerprint density at radius 1 is 1.29 bits per heavy atom. The van der Waals surface area contributed by atoms with E-state index >= 15 is 0 Å². The van der Waals surface area contributed by atoms with Gasteiger partial charge < -0.3 is 4.57 Å². The second kappa shape index (κ2) is 3.12. The molecule has 74 valence electrons. The molecule has 0 spiro atoms. The quantitative estimate of drug-likeness (QED) is 0.672. The summed E-state index contributed by atoms with van der Waals surface area (Å²) in [5.41, 5.74) is 3.62. The molecule has 0 N–H and O–H groups in total. The first kappa shape index (κ1) is 9.25. The summed E-state index contributed by atoms with van der Waals surface area (Å²) in [6.45, 7) is 6.46. The van der Waals surface area contributed by atoms with Crippen LogP contribution in [0, 0.1) is 6.92 Å². The van der Waals surface area contributed by atoms with Gasteiger partial charge in [-0.1, -0.05) is 26.0 Å². The van der Waals surface area contributed by atoms with E-state index in [0.29, 0.717) is 5.92 Å². The second-order valence-corrected chi connectivity index (χ2v) is 4.13. The summed E-state index contributed by atoms with van der Waals surface area (Å²) < 4.78 is 2.19. The zero-order valence-corrected chi connectivity index (χ0v) is 9.20. The van der Waals surface area contributed by atoms with Crippen molar-refractivity contribution in [2.24, 2.45) is 7.05 Å². The van der Waals surface area contributed by atoms with E-state index in [9.17, 15) is 0 Å². The maximum absolute atomic E-state index is 4.67. The summed E-state index contributed by atoms with van der Waals surface area (Å²) in [5.74, 6) is 1.64. The van der Waals surface area contributed by atoms with Crippen LogP contribution in [0.5, 0.6) is 0 Å². The van der Waals surface area contributed by atoms with Crippen LogP contribution >= 0.6 is 0 Å².